The number of carbonyl (C=O) groups is 1. The molecule has 0 heterocycles. The third-order valence-corrected chi connectivity index (χ3v) is 3.76. The molecule has 0 bridgehead atoms. The summed E-state index contributed by atoms with van der Waals surface area (Å²) in [6, 6.07) is 11.7. The van der Waals surface area contributed by atoms with Crippen LogP contribution < -0.4 is 0 Å². The maximum atomic E-state index is 13.1. The lowest BCUT2D eigenvalue weighted by atomic mass is 10.1. The molecule has 1 atom stereocenters. The molecule has 0 radical (unpaired) electrons. The molecule has 124 valence electrons. The van der Waals surface area contributed by atoms with Gasteiger partial charge in [-0.15, -0.1) is 0 Å². The maximum absolute atomic E-state index is 13.1. The number of halogens is 1. The minimum atomic E-state index is -0.470. The molecule has 0 N–H and O–H groups in total. The summed E-state index contributed by atoms with van der Waals surface area (Å²) in [5.41, 5.74) is 1.23. The smallest absolute Gasteiger partial charge is 0.269 e. The summed E-state index contributed by atoms with van der Waals surface area (Å²) in [7, 11) is 1.61. The Labute approximate surface area is 139 Å². The fourth-order valence-electron chi connectivity index (χ4n) is 2.21. The second-order valence-corrected chi connectivity index (χ2v) is 5.37. The lowest BCUT2D eigenvalue weighted by Crippen LogP contribution is -2.28. The zero-order chi connectivity index (χ0) is 17.7. The second-order valence-electron chi connectivity index (χ2n) is 5.37. The number of non-ortho nitro benzene ring substituents is 1. The van der Waals surface area contributed by atoms with E-state index in [0.29, 0.717) is 11.1 Å². The van der Waals surface area contributed by atoms with Gasteiger partial charge in [-0.3, -0.25) is 14.9 Å². The zero-order valence-corrected chi connectivity index (χ0v) is 13.3. The number of nitrogens with zero attached hydrogens (tertiary/aromatic N) is 2. The van der Waals surface area contributed by atoms with Crippen molar-refractivity contribution in [1.82, 2.24) is 4.90 Å². The second kappa shape index (κ2) is 7.50. The van der Waals surface area contributed by atoms with Crippen molar-refractivity contribution in [3.05, 3.63) is 81.7 Å². The van der Waals surface area contributed by atoms with Gasteiger partial charge in [0, 0.05) is 25.3 Å². The molecule has 0 saturated heterocycles. The van der Waals surface area contributed by atoms with Crippen molar-refractivity contribution < 1.29 is 14.1 Å². The Balaban J connectivity index is 2.12. The monoisotopic (exact) mass is 328 g/mol. The van der Waals surface area contributed by atoms with Gasteiger partial charge in [0.15, 0.2) is 0 Å². The highest BCUT2D eigenvalue weighted by Crippen LogP contribution is 2.23. The highest BCUT2D eigenvalue weighted by Gasteiger charge is 2.17. The summed E-state index contributed by atoms with van der Waals surface area (Å²) >= 11 is 0. The molecule has 0 aliphatic rings. The molecule has 0 saturated carbocycles. The van der Waals surface area contributed by atoms with Crippen LogP contribution >= 0.6 is 0 Å². The quantitative estimate of drug-likeness (QED) is 0.474. The van der Waals surface area contributed by atoms with Crippen LogP contribution in [0.25, 0.3) is 6.08 Å². The minimum absolute atomic E-state index is 0.0181. The van der Waals surface area contributed by atoms with Gasteiger partial charge in [0.1, 0.15) is 5.82 Å². The van der Waals surface area contributed by atoms with Crippen LogP contribution in [-0.2, 0) is 4.79 Å². The van der Waals surface area contributed by atoms with Gasteiger partial charge < -0.3 is 4.90 Å². The molecule has 0 aliphatic carbocycles. The topological polar surface area (TPSA) is 63.5 Å². The van der Waals surface area contributed by atoms with E-state index < -0.39 is 4.92 Å². The van der Waals surface area contributed by atoms with Gasteiger partial charge >= 0.3 is 0 Å². The van der Waals surface area contributed by atoms with Crippen LogP contribution in [0.1, 0.15) is 24.1 Å². The molecule has 2 aromatic carbocycles. The van der Waals surface area contributed by atoms with E-state index in [0.717, 1.165) is 0 Å². The summed E-state index contributed by atoms with van der Waals surface area (Å²) in [5, 5.41) is 10.8. The van der Waals surface area contributed by atoms with E-state index in [-0.39, 0.29) is 23.5 Å². The first-order valence-corrected chi connectivity index (χ1v) is 7.33. The first-order valence-electron chi connectivity index (χ1n) is 7.33. The minimum Gasteiger partial charge on any atom is -0.335 e. The molecule has 24 heavy (non-hydrogen) atoms. The molecule has 0 spiro atoms. The van der Waals surface area contributed by atoms with Crippen molar-refractivity contribution in [1.29, 1.82) is 0 Å². The number of rotatable bonds is 5. The van der Waals surface area contributed by atoms with Gasteiger partial charge in [0.25, 0.3) is 5.69 Å². The molecule has 2 rings (SSSR count). The number of nitro benzene ring substituents is 1. The van der Waals surface area contributed by atoms with E-state index in [9.17, 15) is 19.3 Å². The number of nitro groups is 1. The Morgan fingerprint density at radius 1 is 1.25 bits per heavy atom. The van der Waals surface area contributed by atoms with E-state index in [2.05, 4.69) is 0 Å². The fourth-order valence-corrected chi connectivity index (χ4v) is 2.21. The molecule has 6 heteroatoms. The Morgan fingerprint density at radius 2 is 1.96 bits per heavy atom. The summed E-state index contributed by atoms with van der Waals surface area (Å²) in [6.07, 6.45) is 2.88. The van der Waals surface area contributed by atoms with E-state index in [4.69, 9.17) is 0 Å². The number of likely N-dealkylation sites (N-methyl/N-ethyl adjacent to an activating group) is 1. The van der Waals surface area contributed by atoms with Crippen molar-refractivity contribution in [3.8, 4) is 0 Å². The van der Waals surface area contributed by atoms with Crippen molar-refractivity contribution in [2.45, 2.75) is 13.0 Å². The van der Waals surface area contributed by atoms with Crippen LogP contribution in [-0.4, -0.2) is 22.8 Å². The Hall–Kier alpha value is -3.02. The van der Waals surface area contributed by atoms with Crippen molar-refractivity contribution in [3.63, 3.8) is 0 Å². The number of carbonyl (C=O) groups excluding carboxylic acids is 1. The molecule has 0 aliphatic heterocycles. The number of benzene rings is 2. The van der Waals surface area contributed by atoms with E-state index in [1.54, 1.807) is 38.2 Å². The van der Waals surface area contributed by atoms with Crippen molar-refractivity contribution in [2.24, 2.45) is 0 Å². The van der Waals surface area contributed by atoms with Crippen LogP contribution in [0.5, 0.6) is 0 Å². The van der Waals surface area contributed by atoms with E-state index in [1.165, 1.54) is 41.3 Å². The maximum Gasteiger partial charge on any atom is 0.269 e. The van der Waals surface area contributed by atoms with Crippen molar-refractivity contribution >= 4 is 17.7 Å². The normalized spacial score (nSPS) is 12.1. The predicted molar refractivity (Wildman–Crippen MR) is 89.7 cm³/mol. The summed E-state index contributed by atoms with van der Waals surface area (Å²) < 4.78 is 13.1. The molecule has 0 unspecified atom stereocenters. The molecular weight excluding hydrogens is 311 g/mol. The van der Waals surface area contributed by atoms with Gasteiger partial charge in [-0.2, -0.15) is 0 Å². The Morgan fingerprint density at radius 3 is 2.62 bits per heavy atom. The summed E-state index contributed by atoms with van der Waals surface area (Å²) in [4.78, 5) is 24.1. The Kier molecular flexibility index (Phi) is 5.42. The number of amides is 1. The lowest BCUT2D eigenvalue weighted by Gasteiger charge is -2.24. The van der Waals surface area contributed by atoms with E-state index in [1.807, 2.05) is 0 Å². The van der Waals surface area contributed by atoms with Crippen LogP contribution in [0.4, 0.5) is 10.1 Å². The highest BCUT2D eigenvalue weighted by atomic mass is 19.1. The highest BCUT2D eigenvalue weighted by molar-refractivity contribution is 5.91. The fraction of sp³-hybridized carbons (Fsp3) is 0.167. The third-order valence-electron chi connectivity index (χ3n) is 3.76. The number of hydrogen-bond acceptors (Lipinski definition) is 3. The SMILES string of the molecule is C[C@H](c1cccc([N+](=O)[O-])c1)N(C)C(=O)/C=C/c1cccc(F)c1. The summed E-state index contributed by atoms with van der Waals surface area (Å²) in [6.45, 7) is 1.78. The van der Waals surface area contributed by atoms with Crippen LogP contribution in [0.3, 0.4) is 0 Å². The molecule has 2 aromatic rings. The first kappa shape index (κ1) is 17.3. The average Bonchev–Trinajstić information content (AvgIpc) is 2.58. The zero-order valence-electron chi connectivity index (χ0n) is 13.3. The molecule has 1 amide bonds. The largest absolute Gasteiger partial charge is 0.335 e. The standard InChI is InChI=1S/C18H17FN2O3/c1-13(15-6-4-8-17(12-15)21(23)24)20(2)18(22)10-9-14-5-3-7-16(19)11-14/h3-13H,1-2H3/b10-9+/t13-/m1/s1. The predicted octanol–water partition coefficient (Wildman–Crippen LogP) is 3.97. The van der Waals surface area contributed by atoms with Gasteiger partial charge in [-0.25, -0.2) is 4.39 Å². The van der Waals surface area contributed by atoms with Crippen LogP contribution in [0.2, 0.25) is 0 Å². The number of hydrogen-bond donors (Lipinski definition) is 0. The van der Waals surface area contributed by atoms with Gasteiger partial charge in [-0.1, -0.05) is 24.3 Å². The van der Waals surface area contributed by atoms with Crippen LogP contribution in [0.15, 0.2) is 54.6 Å². The van der Waals surface area contributed by atoms with Gasteiger partial charge in [-0.05, 0) is 36.3 Å². The first-order chi connectivity index (χ1) is 11.4. The van der Waals surface area contributed by atoms with Gasteiger partial charge in [0.2, 0.25) is 5.91 Å². The van der Waals surface area contributed by atoms with Crippen LogP contribution in [0, 0.1) is 15.9 Å². The molecule has 5 nitrogen and oxygen atoms in total. The van der Waals surface area contributed by atoms with Crippen molar-refractivity contribution in [2.75, 3.05) is 7.05 Å². The van der Waals surface area contributed by atoms with E-state index >= 15 is 0 Å². The lowest BCUT2D eigenvalue weighted by molar-refractivity contribution is -0.384. The molecular formula is C18H17FN2O3. The average molecular weight is 328 g/mol. The third kappa shape index (κ3) is 4.25. The molecule has 0 aromatic heterocycles. The van der Waals surface area contributed by atoms with Gasteiger partial charge in [0.05, 0.1) is 11.0 Å². The summed E-state index contributed by atoms with van der Waals surface area (Å²) in [5.74, 6) is -0.652. The Bertz CT molecular complexity index is 789. The molecule has 0 fully saturated rings.